The second-order valence-corrected chi connectivity index (χ2v) is 2.50. The third-order valence-corrected chi connectivity index (χ3v) is 1.53. The molecule has 0 fully saturated rings. The van der Waals surface area contributed by atoms with Crippen LogP contribution in [0, 0.1) is 10.1 Å². The molecule has 1 aromatic rings. The van der Waals surface area contributed by atoms with Gasteiger partial charge >= 0.3 is 0 Å². The van der Waals surface area contributed by atoms with Crippen molar-refractivity contribution in [2.75, 3.05) is 0 Å². The van der Waals surface area contributed by atoms with E-state index in [4.69, 9.17) is 11.8 Å². The molecule has 1 rings (SSSR count). The van der Waals surface area contributed by atoms with E-state index in [0.29, 0.717) is 6.54 Å². The van der Waals surface area contributed by atoms with Crippen molar-refractivity contribution < 1.29 is 4.92 Å². The molecule has 0 saturated carbocycles. The van der Waals surface area contributed by atoms with E-state index in [-0.39, 0.29) is 5.69 Å². The molecule has 0 aliphatic heterocycles. The Morgan fingerprint density at radius 2 is 2.33 bits per heavy atom. The summed E-state index contributed by atoms with van der Waals surface area (Å²) in [6.07, 6.45) is 0. The van der Waals surface area contributed by atoms with Gasteiger partial charge in [-0.05, 0) is 17.3 Å². The first-order valence-electron chi connectivity index (χ1n) is 3.31. The van der Waals surface area contributed by atoms with Crippen molar-refractivity contribution in [1.29, 1.82) is 0 Å². The van der Waals surface area contributed by atoms with E-state index in [0.717, 1.165) is 5.56 Å². The Morgan fingerprint density at radius 3 is 2.92 bits per heavy atom. The first-order chi connectivity index (χ1) is 5.74. The Morgan fingerprint density at radius 1 is 1.58 bits per heavy atom. The van der Waals surface area contributed by atoms with Crippen LogP contribution in [0.5, 0.6) is 0 Å². The molecule has 1 aromatic carbocycles. The lowest BCUT2D eigenvalue weighted by molar-refractivity contribution is -0.384. The molecule has 0 spiro atoms. The fourth-order valence-corrected chi connectivity index (χ4v) is 1.01. The van der Waals surface area contributed by atoms with Crippen LogP contribution in [0.2, 0.25) is 0 Å². The van der Waals surface area contributed by atoms with E-state index in [1.165, 1.54) is 12.1 Å². The highest BCUT2D eigenvalue weighted by Gasteiger charge is 2.04. The molecule has 4 nitrogen and oxygen atoms in total. The number of benzene rings is 1. The minimum atomic E-state index is -0.433. The summed E-state index contributed by atoms with van der Waals surface area (Å²) in [5, 5.41) is 10.3. The smallest absolute Gasteiger partial charge is 0.258 e. The van der Waals surface area contributed by atoms with Crippen LogP contribution in [-0.2, 0) is 6.54 Å². The molecular weight excluding hydrogens is 180 g/mol. The third-order valence-electron chi connectivity index (χ3n) is 1.39. The van der Waals surface area contributed by atoms with Gasteiger partial charge in [0.2, 0.25) is 0 Å². The molecule has 0 saturated heterocycles. The normalized spacial score (nSPS) is 9.75. The van der Waals surface area contributed by atoms with Crippen molar-refractivity contribution in [3.8, 4) is 0 Å². The van der Waals surface area contributed by atoms with Crippen LogP contribution in [0.25, 0.3) is 0 Å². The largest absolute Gasteiger partial charge is 0.269 e. The molecule has 12 heavy (non-hydrogen) atoms. The fourth-order valence-electron chi connectivity index (χ4n) is 0.857. The van der Waals surface area contributed by atoms with E-state index in [2.05, 4.69) is 4.84 Å². The minimum Gasteiger partial charge on any atom is -0.258 e. The van der Waals surface area contributed by atoms with Crippen LogP contribution < -0.4 is 4.84 Å². The lowest BCUT2D eigenvalue weighted by atomic mass is 10.2. The van der Waals surface area contributed by atoms with Gasteiger partial charge in [-0.2, -0.15) is 0 Å². The number of hydrogen-bond acceptors (Lipinski definition) is 3. The van der Waals surface area contributed by atoms with Gasteiger partial charge in [-0.15, -0.1) is 0 Å². The summed E-state index contributed by atoms with van der Waals surface area (Å²) in [6, 6.07) is 6.32. The van der Waals surface area contributed by atoms with E-state index in [1.54, 1.807) is 12.1 Å². The highest BCUT2D eigenvalue weighted by atomic mass is 35.5. The number of nitrogens with zero attached hydrogens (tertiary/aromatic N) is 1. The van der Waals surface area contributed by atoms with E-state index >= 15 is 0 Å². The monoisotopic (exact) mass is 186 g/mol. The van der Waals surface area contributed by atoms with E-state index < -0.39 is 4.92 Å². The van der Waals surface area contributed by atoms with Crippen LogP contribution in [0.3, 0.4) is 0 Å². The Labute approximate surface area is 74.4 Å². The fraction of sp³-hybridized carbons (Fsp3) is 0.143. The number of halogens is 1. The lowest BCUT2D eigenvalue weighted by Crippen LogP contribution is -1.98. The second-order valence-electron chi connectivity index (χ2n) is 2.24. The summed E-state index contributed by atoms with van der Waals surface area (Å²) in [6.45, 7) is 0.420. The van der Waals surface area contributed by atoms with Crippen LogP contribution in [-0.4, -0.2) is 4.92 Å². The van der Waals surface area contributed by atoms with Gasteiger partial charge in [0.1, 0.15) is 0 Å². The lowest BCUT2D eigenvalue weighted by Gasteiger charge is -1.96. The Bertz CT molecular complexity index is 290. The maximum absolute atomic E-state index is 10.3. The number of nitro benzene ring substituents is 1. The maximum Gasteiger partial charge on any atom is 0.269 e. The molecular formula is C7H7ClN2O2. The van der Waals surface area contributed by atoms with Crippen LogP contribution in [0.4, 0.5) is 5.69 Å². The predicted molar refractivity (Wildman–Crippen MR) is 45.8 cm³/mol. The van der Waals surface area contributed by atoms with Gasteiger partial charge in [-0.25, -0.2) is 4.84 Å². The Kier molecular flexibility index (Phi) is 3.01. The first-order valence-corrected chi connectivity index (χ1v) is 3.68. The summed E-state index contributed by atoms with van der Waals surface area (Å²) in [5.74, 6) is 0. The van der Waals surface area contributed by atoms with Crippen molar-refractivity contribution >= 4 is 17.5 Å². The van der Waals surface area contributed by atoms with Crippen molar-refractivity contribution in [3.05, 3.63) is 39.9 Å². The molecule has 0 aliphatic carbocycles. The van der Waals surface area contributed by atoms with Gasteiger partial charge in [0.05, 0.1) is 4.92 Å². The summed E-state index contributed by atoms with van der Waals surface area (Å²) in [4.78, 5) is 12.3. The molecule has 0 atom stereocenters. The van der Waals surface area contributed by atoms with Gasteiger partial charge < -0.3 is 0 Å². The average Bonchev–Trinajstić information content (AvgIpc) is 2.05. The van der Waals surface area contributed by atoms with Crippen molar-refractivity contribution in [2.24, 2.45) is 0 Å². The van der Waals surface area contributed by atoms with Gasteiger partial charge in [-0.3, -0.25) is 10.1 Å². The summed E-state index contributed by atoms with van der Waals surface area (Å²) < 4.78 is 0. The maximum atomic E-state index is 10.3. The second kappa shape index (κ2) is 4.04. The zero-order valence-corrected chi connectivity index (χ0v) is 6.91. The predicted octanol–water partition coefficient (Wildman–Crippen LogP) is 1.84. The molecule has 0 aromatic heterocycles. The molecule has 0 aliphatic rings. The van der Waals surface area contributed by atoms with Gasteiger partial charge in [-0.1, -0.05) is 12.1 Å². The molecule has 5 heteroatoms. The summed E-state index contributed by atoms with van der Waals surface area (Å²) in [5.41, 5.74) is 0.874. The molecule has 0 unspecified atom stereocenters. The summed E-state index contributed by atoms with van der Waals surface area (Å²) >= 11 is 5.25. The molecule has 64 valence electrons. The van der Waals surface area contributed by atoms with Crippen LogP contribution in [0.1, 0.15) is 5.56 Å². The highest BCUT2D eigenvalue weighted by molar-refractivity contribution is 6.13. The van der Waals surface area contributed by atoms with Crippen LogP contribution >= 0.6 is 11.8 Å². The van der Waals surface area contributed by atoms with Crippen molar-refractivity contribution in [2.45, 2.75) is 6.54 Å². The molecule has 0 bridgehead atoms. The molecule has 0 amide bonds. The average molecular weight is 187 g/mol. The number of rotatable bonds is 3. The van der Waals surface area contributed by atoms with Crippen molar-refractivity contribution in [1.82, 2.24) is 4.84 Å². The Balaban J connectivity index is 2.88. The highest BCUT2D eigenvalue weighted by Crippen LogP contribution is 2.12. The zero-order valence-electron chi connectivity index (χ0n) is 6.16. The quantitative estimate of drug-likeness (QED) is 0.445. The zero-order chi connectivity index (χ0) is 8.97. The Hall–Kier alpha value is -1.13. The number of nitro groups is 1. The molecule has 0 heterocycles. The minimum absolute atomic E-state index is 0.0828. The standard InChI is InChI=1S/C7H7ClN2O2/c8-9-5-6-2-1-3-7(4-6)10(11)12/h1-4,9H,5H2. The number of hydrogen-bond donors (Lipinski definition) is 1. The summed E-state index contributed by atoms with van der Waals surface area (Å²) in [7, 11) is 0. The van der Waals surface area contributed by atoms with E-state index in [1.807, 2.05) is 0 Å². The molecule has 1 N–H and O–H groups in total. The third kappa shape index (κ3) is 2.18. The van der Waals surface area contributed by atoms with Gasteiger partial charge in [0, 0.05) is 18.7 Å². The van der Waals surface area contributed by atoms with Crippen LogP contribution in [0.15, 0.2) is 24.3 Å². The molecule has 0 radical (unpaired) electrons. The topological polar surface area (TPSA) is 55.2 Å². The number of nitrogens with one attached hydrogen (secondary N) is 1. The first kappa shape index (κ1) is 8.96. The van der Waals surface area contributed by atoms with Gasteiger partial charge in [0.25, 0.3) is 5.69 Å². The van der Waals surface area contributed by atoms with Gasteiger partial charge in [0.15, 0.2) is 0 Å². The van der Waals surface area contributed by atoms with Crippen molar-refractivity contribution in [3.63, 3.8) is 0 Å². The number of non-ortho nitro benzene ring substituents is 1. The van der Waals surface area contributed by atoms with E-state index in [9.17, 15) is 10.1 Å². The SMILES string of the molecule is O=[N+]([O-])c1cccc(CNCl)c1.